The summed E-state index contributed by atoms with van der Waals surface area (Å²) >= 11 is 0. The summed E-state index contributed by atoms with van der Waals surface area (Å²) in [5, 5.41) is 22.6. The number of nitrogens with one attached hydrogen (secondary N) is 2. The third-order valence-corrected chi connectivity index (χ3v) is 2.66. The fraction of sp³-hybridized carbons (Fsp3) is 0.700. The fourth-order valence-electron chi connectivity index (χ4n) is 1.74. The van der Waals surface area contributed by atoms with Crippen LogP contribution in [-0.2, 0) is 14.4 Å². The zero-order chi connectivity index (χ0) is 12.8. The molecule has 0 aromatic rings. The molecule has 1 aliphatic rings. The van der Waals surface area contributed by atoms with Crippen LogP contribution in [0.1, 0.15) is 19.3 Å². The first kappa shape index (κ1) is 13.4. The Hall–Kier alpha value is -1.63. The van der Waals surface area contributed by atoms with Crippen molar-refractivity contribution < 1.29 is 24.6 Å². The van der Waals surface area contributed by atoms with Crippen LogP contribution in [0, 0.1) is 5.92 Å². The maximum atomic E-state index is 11.7. The molecule has 17 heavy (non-hydrogen) atoms. The van der Waals surface area contributed by atoms with Crippen LogP contribution in [-0.4, -0.2) is 47.2 Å². The first-order chi connectivity index (χ1) is 8.00. The molecule has 0 bridgehead atoms. The third-order valence-electron chi connectivity index (χ3n) is 2.66. The number of carboxylic acid groups (broad SMARTS) is 2. The minimum absolute atomic E-state index is 0.278. The highest BCUT2D eigenvalue weighted by Crippen LogP contribution is 2.10. The lowest BCUT2D eigenvalue weighted by Gasteiger charge is -2.23. The molecule has 0 saturated carbocycles. The minimum Gasteiger partial charge on any atom is -0.481 e. The van der Waals surface area contributed by atoms with E-state index >= 15 is 0 Å². The summed E-state index contributed by atoms with van der Waals surface area (Å²) in [4.78, 5) is 32.9. The zero-order valence-electron chi connectivity index (χ0n) is 9.31. The molecule has 1 heterocycles. The summed E-state index contributed by atoms with van der Waals surface area (Å²) in [6.45, 7) is 1.35. The van der Waals surface area contributed by atoms with Crippen LogP contribution in [0.5, 0.6) is 0 Å². The van der Waals surface area contributed by atoms with E-state index < -0.39 is 30.3 Å². The van der Waals surface area contributed by atoms with Gasteiger partial charge in [0.2, 0.25) is 5.91 Å². The molecule has 1 aliphatic heterocycles. The number of hydrogen-bond acceptors (Lipinski definition) is 4. The number of carbonyl (C=O) groups excluding carboxylic acids is 1. The van der Waals surface area contributed by atoms with E-state index in [9.17, 15) is 14.4 Å². The van der Waals surface area contributed by atoms with Crippen LogP contribution in [0.3, 0.4) is 0 Å². The number of carboxylic acids is 2. The van der Waals surface area contributed by atoms with Gasteiger partial charge in [-0.1, -0.05) is 0 Å². The summed E-state index contributed by atoms with van der Waals surface area (Å²) in [5.74, 6) is -3.26. The van der Waals surface area contributed by atoms with E-state index in [1.807, 2.05) is 0 Å². The number of aliphatic carboxylic acids is 2. The van der Waals surface area contributed by atoms with Gasteiger partial charge in [0.1, 0.15) is 6.04 Å². The van der Waals surface area contributed by atoms with Crippen molar-refractivity contribution in [2.24, 2.45) is 5.92 Å². The largest absolute Gasteiger partial charge is 0.481 e. The van der Waals surface area contributed by atoms with Gasteiger partial charge < -0.3 is 20.8 Å². The van der Waals surface area contributed by atoms with E-state index in [-0.39, 0.29) is 5.92 Å². The molecule has 7 nitrogen and oxygen atoms in total. The van der Waals surface area contributed by atoms with Crippen LogP contribution in [0.25, 0.3) is 0 Å². The van der Waals surface area contributed by atoms with Gasteiger partial charge in [-0.2, -0.15) is 0 Å². The first-order valence-corrected chi connectivity index (χ1v) is 5.46. The molecule has 0 aliphatic carbocycles. The molecule has 1 fully saturated rings. The predicted molar refractivity (Wildman–Crippen MR) is 57.4 cm³/mol. The van der Waals surface area contributed by atoms with E-state index in [1.54, 1.807) is 0 Å². The Bertz CT molecular complexity index is 312. The van der Waals surface area contributed by atoms with Gasteiger partial charge in [-0.05, 0) is 19.4 Å². The second-order valence-corrected chi connectivity index (χ2v) is 4.04. The molecule has 0 radical (unpaired) electrons. The lowest BCUT2D eigenvalue weighted by atomic mass is 9.98. The quantitative estimate of drug-likeness (QED) is 0.494. The summed E-state index contributed by atoms with van der Waals surface area (Å²) in [6.07, 6.45) is 0.939. The molecule has 1 amide bonds. The van der Waals surface area contributed by atoms with Crippen molar-refractivity contribution >= 4 is 17.8 Å². The van der Waals surface area contributed by atoms with Gasteiger partial charge in [0.15, 0.2) is 0 Å². The van der Waals surface area contributed by atoms with Gasteiger partial charge >= 0.3 is 11.9 Å². The zero-order valence-corrected chi connectivity index (χ0v) is 9.31. The average Bonchev–Trinajstić information content (AvgIpc) is 2.28. The molecule has 1 unspecified atom stereocenters. The number of carbonyl (C=O) groups is 3. The second-order valence-electron chi connectivity index (χ2n) is 4.04. The smallest absolute Gasteiger partial charge is 0.326 e. The molecular weight excluding hydrogens is 228 g/mol. The van der Waals surface area contributed by atoms with E-state index in [2.05, 4.69) is 10.6 Å². The standard InChI is InChI=1S/C10H16N2O5/c13-8(14)4-7(10(16)17)12-9(15)6-2-1-3-11-5-6/h6-7,11H,1-5H2,(H,12,15)(H,13,14)(H,16,17)/t6-,7?/m0/s1. The Balaban J connectivity index is 2.50. The molecule has 1 rings (SSSR count). The number of piperidine rings is 1. The van der Waals surface area contributed by atoms with Crippen molar-refractivity contribution in [1.29, 1.82) is 0 Å². The predicted octanol–water partition coefficient (Wildman–Crippen LogP) is -0.970. The van der Waals surface area contributed by atoms with E-state index in [1.165, 1.54) is 0 Å². The third kappa shape index (κ3) is 4.39. The van der Waals surface area contributed by atoms with Crippen LogP contribution in [0.2, 0.25) is 0 Å². The molecule has 0 aromatic carbocycles. The Labute approximate surface area is 98.2 Å². The van der Waals surface area contributed by atoms with Gasteiger partial charge in [-0.25, -0.2) is 4.79 Å². The summed E-state index contributed by atoms with van der Waals surface area (Å²) in [6, 6.07) is -1.36. The van der Waals surface area contributed by atoms with Gasteiger partial charge in [-0.3, -0.25) is 9.59 Å². The van der Waals surface area contributed by atoms with Crippen molar-refractivity contribution in [3.05, 3.63) is 0 Å². The summed E-state index contributed by atoms with van der Waals surface area (Å²) in [5.41, 5.74) is 0. The van der Waals surface area contributed by atoms with Gasteiger partial charge in [0.25, 0.3) is 0 Å². The molecule has 4 N–H and O–H groups in total. The van der Waals surface area contributed by atoms with Gasteiger partial charge in [0, 0.05) is 6.54 Å². The molecule has 2 atom stereocenters. The fourth-order valence-corrected chi connectivity index (χ4v) is 1.74. The Morgan fingerprint density at radius 1 is 1.35 bits per heavy atom. The number of rotatable bonds is 5. The Morgan fingerprint density at radius 3 is 2.53 bits per heavy atom. The summed E-state index contributed by atoms with van der Waals surface area (Å²) < 4.78 is 0. The molecular formula is C10H16N2O5. The van der Waals surface area contributed by atoms with E-state index in [0.717, 1.165) is 13.0 Å². The first-order valence-electron chi connectivity index (χ1n) is 5.46. The van der Waals surface area contributed by atoms with Crippen molar-refractivity contribution in [3.8, 4) is 0 Å². The molecule has 1 saturated heterocycles. The molecule has 96 valence electrons. The van der Waals surface area contributed by atoms with Crippen molar-refractivity contribution in [3.63, 3.8) is 0 Å². The Kier molecular flexibility index (Phi) is 4.89. The van der Waals surface area contributed by atoms with Gasteiger partial charge in [0.05, 0.1) is 12.3 Å². The highest BCUT2D eigenvalue weighted by molar-refractivity contribution is 5.87. The molecule has 0 spiro atoms. The Morgan fingerprint density at radius 2 is 2.06 bits per heavy atom. The molecule has 7 heteroatoms. The van der Waals surface area contributed by atoms with Crippen molar-refractivity contribution in [1.82, 2.24) is 10.6 Å². The SMILES string of the molecule is O=C(O)CC(NC(=O)[C@H]1CCCNC1)C(=O)O. The monoisotopic (exact) mass is 244 g/mol. The minimum atomic E-state index is -1.36. The van der Waals surface area contributed by atoms with E-state index in [0.29, 0.717) is 13.0 Å². The second kappa shape index (κ2) is 6.19. The topological polar surface area (TPSA) is 116 Å². The van der Waals surface area contributed by atoms with Crippen LogP contribution in [0.15, 0.2) is 0 Å². The van der Waals surface area contributed by atoms with Crippen LogP contribution in [0.4, 0.5) is 0 Å². The normalized spacial score (nSPS) is 21.5. The lowest BCUT2D eigenvalue weighted by molar-refractivity contribution is -0.147. The lowest BCUT2D eigenvalue weighted by Crippen LogP contribution is -2.48. The molecule has 0 aromatic heterocycles. The van der Waals surface area contributed by atoms with E-state index in [4.69, 9.17) is 10.2 Å². The number of hydrogen-bond donors (Lipinski definition) is 4. The van der Waals surface area contributed by atoms with Crippen LogP contribution < -0.4 is 10.6 Å². The van der Waals surface area contributed by atoms with Crippen molar-refractivity contribution in [2.75, 3.05) is 13.1 Å². The summed E-state index contributed by atoms with van der Waals surface area (Å²) in [7, 11) is 0. The maximum absolute atomic E-state index is 11.7. The highest BCUT2D eigenvalue weighted by Gasteiger charge is 2.27. The number of amides is 1. The highest BCUT2D eigenvalue weighted by atomic mass is 16.4. The average molecular weight is 244 g/mol. The van der Waals surface area contributed by atoms with Gasteiger partial charge in [-0.15, -0.1) is 0 Å². The maximum Gasteiger partial charge on any atom is 0.326 e. The van der Waals surface area contributed by atoms with Crippen molar-refractivity contribution in [2.45, 2.75) is 25.3 Å². The van der Waals surface area contributed by atoms with Crippen LogP contribution >= 0.6 is 0 Å².